The third-order valence-electron chi connectivity index (χ3n) is 3.23. The van der Waals surface area contributed by atoms with E-state index in [1.807, 2.05) is 13.8 Å². The summed E-state index contributed by atoms with van der Waals surface area (Å²) in [6, 6.07) is 7.19. The number of rotatable bonds is 8. The second kappa shape index (κ2) is 7.75. The maximum atomic E-state index is 11.7. The standard InChI is InChI=1S/C15H23NO4/c1-4-15(2,11-17)16-14(18)9-10-20-13-7-5-12(19-3)6-8-13/h5-8,17H,4,9-11H2,1-3H3,(H,16,18). The van der Waals surface area contributed by atoms with E-state index < -0.39 is 5.54 Å². The van der Waals surface area contributed by atoms with Crippen LogP contribution in [0.4, 0.5) is 0 Å². The van der Waals surface area contributed by atoms with Gasteiger partial charge in [0.1, 0.15) is 11.5 Å². The van der Waals surface area contributed by atoms with E-state index in [9.17, 15) is 9.90 Å². The fourth-order valence-electron chi connectivity index (χ4n) is 1.57. The fraction of sp³-hybridized carbons (Fsp3) is 0.533. The van der Waals surface area contributed by atoms with Gasteiger partial charge in [-0.25, -0.2) is 0 Å². The van der Waals surface area contributed by atoms with E-state index in [-0.39, 0.29) is 18.9 Å². The number of carbonyl (C=O) groups excluding carboxylic acids is 1. The molecule has 1 rings (SSSR count). The number of hydrogen-bond donors (Lipinski definition) is 2. The first-order valence-electron chi connectivity index (χ1n) is 6.71. The van der Waals surface area contributed by atoms with Crippen molar-refractivity contribution in [2.45, 2.75) is 32.2 Å². The number of methoxy groups -OCH3 is 1. The molecule has 0 aliphatic rings. The minimum atomic E-state index is -0.558. The molecular formula is C15H23NO4. The Labute approximate surface area is 119 Å². The Hall–Kier alpha value is -1.75. The molecule has 1 unspecified atom stereocenters. The highest BCUT2D eigenvalue weighted by Gasteiger charge is 2.22. The molecule has 0 bridgehead atoms. The monoisotopic (exact) mass is 281 g/mol. The molecule has 1 aromatic carbocycles. The molecule has 112 valence electrons. The van der Waals surface area contributed by atoms with Gasteiger partial charge in [0, 0.05) is 0 Å². The lowest BCUT2D eigenvalue weighted by Gasteiger charge is -2.27. The number of nitrogens with one attached hydrogen (secondary N) is 1. The number of ether oxygens (including phenoxy) is 2. The maximum Gasteiger partial charge on any atom is 0.223 e. The molecule has 20 heavy (non-hydrogen) atoms. The Kier molecular flexibility index (Phi) is 6.31. The zero-order valence-corrected chi connectivity index (χ0v) is 12.3. The molecule has 0 fully saturated rings. The number of aliphatic hydroxyl groups is 1. The maximum absolute atomic E-state index is 11.7. The van der Waals surface area contributed by atoms with Crippen molar-refractivity contribution in [3.05, 3.63) is 24.3 Å². The topological polar surface area (TPSA) is 67.8 Å². The molecule has 0 aromatic heterocycles. The normalized spacial score (nSPS) is 13.4. The van der Waals surface area contributed by atoms with Crippen LogP contribution in [0.3, 0.4) is 0 Å². The summed E-state index contributed by atoms with van der Waals surface area (Å²) in [6.07, 6.45) is 0.927. The van der Waals surface area contributed by atoms with Gasteiger partial charge in [0.25, 0.3) is 0 Å². The van der Waals surface area contributed by atoms with Crippen LogP contribution < -0.4 is 14.8 Å². The highest BCUT2D eigenvalue weighted by molar-refractivity contribution is 5.76. The zero-order chi connectivity index (χ0) is 15.0. The number of carbonyl (C=O) groups is 1. The average molecular weight is 281 g/mol. The molecule has 5 nitrogen and oxygen atoms in total. The van der Waals surface area contributed by atoms with Gasteiger partial charge < -0.3 is 19.9 Å². The molecule has 0 spiro atoms. The highest BCUT2D eigenvalue weighted by atomic mass is 16.5. The zero-order valence-electron chi connectivity index (χ0n) is 12.3. The molecule has 0 saturated carbocycles. The van der Waals surface area contributed by atoms with Gasteiger partial charge >= 0.3 is 0 Å². The van der Waals surface area contributed by atoms with E-state index in [0.29, 0.717) is 18.8 Å². The van der Waals surface area contributed by atoms with Crippen LogP contribution in [-0.4, -0.2) is 36.9 Å². The quantitative estimate of drug-likeness (QED) is 0.761. The molecule has 1 amide bonds. The van der Waals surface area contributed by atoms with E-state index >= 15 is 0 Å². The Morgan fingerprint density at radius 3 is 2.40 bits per heavy atom. The predicted octanol–water partition coefficient (Wildman–Crippen LogP) is 1.74. The van der Waals surface area contributed by atoms with Crippen LogP contribution in [0.1, 0.15) is 26.7 Å². The Morgan fingerprint density at radius 1 is 1.30 bits per heavy atom. The molecule has 0 radical (unpaired) electrons. The van der Waals surface area contributed by atoms with Crippen LogP contribution in [0.15, 0.2) is 24.3 Å². The summed E-state index contributed by atoms with van der Waals surface area (Å²) >= 11 is 0. The van der Waals surface area contributed by atoms with Crippen LogP contribution >= 0.6 is 0 Å². The fourth-order valence-corrected chi connectivity index (χ4v) is 1.57. The molecule has 0 saturated heterocycles. The lowest BCUT2D eigenvalue weighted by Crippen LogP contribution is -2.48. The van der Waals surface area contributed by atoms with E-state index in [4.69, 9.17) is 9.47 Å². The summed E-state index contributed by atoms with van der Waals surface area (Å²) in [5, 5.41) is 12.0. The van der Waals surface area contributed by atoms with E-state index in [1.165, 1.54) is 0 Å². The number of aliphatic hydroxyl groups excluding tert-OH is 1. The first-order chi connectivity index (χ1) is 9.53. The van der Waals surface area contributed by atoms with Crippen molar-refractivity contribution in [2.24, 2.45) is 0 Å². The Bertz CT molecular complexity index is 412. The van der Waals surface area contributed by atoms with Crippen molar-refractivity contribution in [2.75, 3.05) is 20.3 Å². The third-order valence-corrected chi connectivity index (χ3v) is 3.23. The number of benzene rings is 1. The molecule has 2 N–H and O–H groups in total. The van der Waals surface area contributed by atoms with Gasteiger partial charge in [0.05, 0.1) is 32.3 Å². The van der Waals surface area contributed by atoms with Crippen molar-refractivity contribution in [1.82, 2.24) is 5.32 Å². The van der Waals surface area contributed by atoms with E-state index in [1.54, 1.807) is 31.4 Å². The lowest BCUT2D eigenvalue weighted by atomic mass is 10.0. The van der Waals surface area contributed by atoms with Gasteiger partial charge in [0.2, 0.25) is 5.91 Å². The summed E-state index contributed by atoms with van der Waals surface area (Å²) in [7, 11) is 1.60. The van der Waals surface area contributed by atoms with Crippen LogP contribution in [0.2, 0.25) is 0 Å². The summed E-state index contributed by atoms with van der Waals surface area (Å²) in [5.74, 6) is 1.33. The van der Waals surface area contributed by atoms with Crippen molar-refractivity contribution >= 4 is 5.91 Å². The van der Waals surface area contributed by atoms with E-state index in [2.05, 4.69) is 5.32 Å². The van der Waals surface area contributed by atoms with Gasteiger partial charge in [-0.1, -0.05) is 6.92 Å². The molecule has 0 heterocycles. The molecule has 0 aliphatic carbocycles. The molecule has 1 atom stereocenters. The number of amides is 1. The molecule has 0 aliphatic heterocycles. The van der Waals surface area contributed by atoms with Crippen LogP contribution in [0.25, 0.3) is 0 Å². The Morgan fingerprint density at radius 2 is 1.90 bits per heavy atom. The van der Waals surface area contributed by atoms with Crippen molar-refractivity contribution in [1.29, 1.82) is 0 Å². The van der Waals surface area contributed by atoms with Gasteiger partial charge in [-0.15, -0.1) is 0 Å². The SMILES string of the molecule is CCC(C)(CO)NC(=O)CCOc1ccc(OC)cc1. The van der Waals surface area contributed by atoms with Gasteiger partial charge in [-0.2, -0.15) is 0 Å². The lowest BCUT2D eigenvalue weighted by molar-refractivity contribution is -0.123. The molecule has 5 heteroatoms. The number of hydrogen-bond acceptors (Lipinski definition) is 4. The van der Waals surface area contributed by atoms with Crippen LogP contribution in [0.5, 0.6) is 11.5 Å². The summed E-state index contributed by atoms with van der Waals surface area (Å²) < 4.78 is 10.5. The summed E-state index contributed by atoms with van der Waals surface area (Å²) in [5.41, 5.74) is -0.558. The minimum Gasteiger partial charge on any atom is -0.497 e. The average Bonchev–Trinajstić information content (AvgIpc) is 2.47. The second-order valence-corrected chi connectivity index (χ2v) is 4.89. The van der Waals surface area contributed by atoms with Crippen LogP contribution in [0, 0.1) is 0 Å². The highest BCUT2D eigenvalue weighted by Crippen LogP contribution is 2.17. The minimum absolute atomic E-state index is 0.0748. The van der Waals surface area contributed by atoms with Gasteiger partial charge in [-0.3, -0.25) is 4.79 Å². The van der Waals surface area contributed by atoms with Gasteiger partial charge in [0.15, 0.2) is 0 Å². The van der Waals surface area contributed by atoms with Crippen LogP contribution in [-0.2, 0) is 4.79 Å². The first kappa shape index (κ1) is 16.3. The van der Waals surface area contributed by atoms with Crippen molar-refractivity contribution in [3.8, 4) is 11.5 Å². The molecule has 1 aromatic rings. The van der Waals surface area contributed by atoms with E-state index in [0.717, 1.165) is 5.75 Å². The smallest absolute Gasteiger partial charge is 0.223 e. The summed E-state index contributed by atoms with van der Waals surface area (Å²) in [4.78, 5) is 11.7. The first-order valence-corrected chi connectivity index (χ1v) is 6.71. The van der Waals surface area contributed by atoms with Gasteiger partial charge in [-0.05, 0) is 37.6 Å². The Balaban J connectivity index is 2.34. The predicted molar refractivity (Wildman–Crippen MR) is 77.0 cm³/mol. The second-order valence-electron chi connectivity index (χ2n) is 4.89. The third kappa shape index (κ3) is 5.09. The largest absolute Gasteiger partial charge is 0.497 e. The molecular weight excluding hydrogens is 258 g/mol. The van der Waals surface area contributed by atoms with Crippen molar-refractivity contribution < 1.29 is 19.4 Å². The summed E-state index contributed by atoms with van der Waals surface area (Å²) in [6.45, 7) is 3.96. The van der Waals surface area contributed by atoms with Crippen molar-refractivity contribution in [3.63, 3.8) is 0 Å².